The van der Waals surface area contributed by atoms with Crippen molar-refractivity contribution >= 4 is 33.0 Å². The summed E-state index contributed by atoms with van der Waals surface area (Å²) in [6, 6.07) is 2.42. The van der Waals surface area contributed by atoms with Crippen molar-refractivity contribution in [1.82, 2.24) is 9.88 Å². The van der Waals surface area contributed by atoms with Gasteiger partial charge in [0, 0.05) is 34.1 Å². The lowest BCUT2D eigenvalue weighted by atomic mass is 10.2. The van der Waals surface area contributed by atoms with Gasteiger partial charge in [-0.2, -0.15) is 0 Å². The third kappa shape index (κ3) is 2.06. The number of nitrogens with two attached hydrogens (primary N) is 1. The molecule has 0 aromatic carbocycles. The molecule has 2 N–H and O–H groups in total. The molecule has 2 aromatic rings. The van der Waals surface area contributed by atoms with Gasteiger partial charge < -0.3 is 10.6 Å². The first kappa shape index (κ1) is 13.4. The average molecular weight is 289 g/mol. The third-order valence-electron chi connectivity index (χ3n) is 3.80. The van der Waals surface area contributed by atoms with E-state index in [1.807, 2.05) is 31.7 Å². The maximum Gasteiger partial charge on any atom is 0.266 e. The smallest absolute Gasteiger partial charge is 0.266 e. The van der Waals surface area contributed by atoms with Gasteiger partial charge in [0.25, 0.3) is 5.91 Å². The summed E-state index contributed by atoms with van der Waals surface area (Å²) in [5, 5.41) is 0.941. The van der Waals surface area contributed by atoms with Gasteiger partial charge in [0.15, 0.2) is 0 Å². The minimum Gasteiger partial charge on any atom is -0.397 e. The van der Waals surface area contributed by atoms with Crippen LogP contribution in [0.5, 0.6) is 0 Å². The number of carbonyl (C=O) groups is 1. The van der Waals surface area contributed by atoms with E-state index in [-0.39, 0.29) is 5.91 Å². The number of pyridine rings is 1. The molecule has 2 aromatic heterocycles. The molecule has 0 bridgehead atoms. The van der Waals surface area contributed by atoms with Crippen LogP contribution >= 0.6 is 11.3 Å². The van der Waals surface area contributed by atoms with Gasteiger partial charge in [0.1, 0.15) is 4.88 Å². The molecule has 4 nitrogen and oxygen atoms in total. The van der Waals surface area contributed by atoms with Crippen molar-refractivity contribution in [3.8, 4) is 0 Å². The third-order valence-corrected chi connectivity index (χ3v) is 4.94. The molecule has 0 aliphatic heterocycles. The van der Waals surface area contributed by atoms with Gasteiger partial charge in [-0.25, -0.2) is 0 Å². The van der Waals surface area contributed by atoms with Crippen molar-refractivity contribution in [1.29, 1.82) is 0 Å². The highest BCUT2D eigenvalue weighted by atomic mass is 32.1. The Morgan fingerprint density at radius 3 is 2.80 bits per heavy atom. The molecular weight excluding hydrogens is 270 g/mol. The SMILES string of the molecule is CCN(C(=O)c1sc2cc(C)nc(C)c2c1N)C1CC1. The largest absolute Gasteiger partial charge is 0.397 e. The monoisotopic (exact) mass is 289 g/mol. The molecule has 0 spiro atoms. The molecule has 1 aliphatic carbocycles. The topological polar surface area (TPSA) is 59.2 Å². The van der Waals surface area contributed by atoms with Crippen molar-refractivity contribution in [3.63, 3.8) is 0 Å². The zero-order valence-corrected chi connectivity index (χ0v) is 12.9. The normalized spacial score (nSPS) is 14.8. The molecule has 20 heavy (non-hydrogen) atoms. The molecule has 0 atom stereocenters. The van der Waals surface area contributed by atoms with Crippen LogP contribution in [0.3, 0.4) is 0 Å². The second-order valence-electron chi connectivity index (χ2n) is 5.39. The second kappa shape index (κ2) is 4.74. The number of nitrogen functional groups attached to an aromatic ring is 1. The number of aromatic nitrogens is 1. The Bertz CT molecular complexity index is 688. The lowest BCUT2D eigenvalue weighted by molar-refractivity contribution is 0.0758. The molecular formula is C15H19N3OS. The molecule has 1 aliphatic rings. The Hall–Kier alpha value is -1.62. The molecule has 0 radical (unpaired) electrons. The molecule has 3 rings (SSSR count). The van der Waals surface area contributed by atoms with Crippen molar-refractivity contribution in [2.75, 3.05) is 12.3 Å². The Kier molecular flexibility index (Phi) is 3.17. The Balaban J connectivity index is 2.10. The van der Waals surface area contributed by atoms with Crippen LogP contribution in [0.2, 0.25) is 0 Å². The number of rotatable bonds is 3. The number of nitrogens with zero attached hydrogens (tertiary/aromatic N) is 2. The molecule has 1 saturated carbocycles. The fraction of sp³-hybridized carbons (Fsp3) is 0.467. The van der Waals surface area contributed by atoms with Crippen LogP contribution in [0.1, 0.15) is 40.8 Å². The number of amides is 1. The van der Waals surface area contributed by atoms with Crippen LogP contribution in [0, 0.1) is 13.8 Å². The number of thiophene rings is 1. The first-order valence-corrected chi connectivity index (χ1v) is 7.81. The van der Waals surface area contributed by atoms with Crippen LogP contribution < -0.4 is 5.73 Å². The highest BCUT2D eigenvalue weighted by molar-refractivity contribution is 7.21. The van der Waals surface area contributed by atoms with E-state index in [0.29, 0.717) is 16.6 Å². The summed E-state index contributed by atoms with van der Waals surface area (Å²) in [5.74, 6) is 0.0748. The second-order valence-corrected chi connectivity index (χ2v) is 6.44. The molecule has 1 fully saturated rings. The van der Waals surface area contributed by atoms with Gasteiger partial charge in [-0.1, -0.05) is 0 Å². The zero-order chi connectivity index (χ0) is 14.4. The van der Waals surface area contributed by atoms with Crippen LogP contribution in [0.15, 0.2) is 6.07 Å². The molecule has 0 saturated heterocycles. The van der Waals surface area contributed by atoms with Crippen LogP contribution in [-0.2, 0) is 0 Å². The minimum absolute atomic E-state index is 0.0748. The fourth-order valence-corrected chi connectivity index (χ4v) is 3.95. The van der Waals surface area contributed by atoms with Crippen molar-refractivity contribution in [2.45, 2.75) is 39.7 Å². The van der Waals surface area contributed by atoms with E-state index in [1.54, 1.807) is 0 Å². The summed E-state index contributed by atoms with van der Waals surface area (Å²) >= 11 is 1.49. The van der Waals surface area contributed by atoms with E-state index in [9.17, 15) is 4.79 Å². The molecule has 0 unspecified atom stereocenters. The average Bonchev–Trinajstić information content (AvgIpc) is 3.14. The number of hydrogen-bond acceptors (Lipinski definition) is 4. The highest BCUT2D eigenvalue weighted by Gasteiger charge is 2.33. The molecule has 2 heterocycles. The van der Waals surface area contributed by atoms with Crippen LogP contribution in [0.25, 0.3) is 10.1 Å². The predicted molar refractivity (Wildman–Crippen MR) is 83.2 cm³/mol. The van der Waals surface area contributed by atoms with Crippen molar-refractivity contribution in [2.24, 2.45) is 0 Å². The van der Waals surface area contributed by atoms with E-state index in [2.05, 4.69) is 4.98 Å². The number of aryl methyl sites for hydroxylation is 2. The zero-order valence-electron chi connectivity index (χ0n) is 12.1. The number of hydrogen-bond donors (Lipinski definition) is 1. The van der Waals surface area contributed by atoms with Gasteiger partial charge in [0.05, 0.1) is 5.69 Å². The highest BCUT2D eigenvalue weighted by Crippen LogP contribution is 2.38. The van der Waals surface area contributed by atoms with E-state index >= 15 is 0 Å². The van der Waals surface area contributed by atoms with E-state index in [4.69, 9.17) is 5.73 Å². The summed E-state index contributed by atoms with van der Waals surface area (Å²) < 4.78 is 1.06. The summed E-state index contributed by atoms with van der Waals surface area (Å²) in [6.07, 6.45) is 2.23. The van der Waals surface area contributed by atoms with Gasteiger partial charge in [-0.3, -0.25) is 9.78 Å². The lowest BCUT2D eigenvalue weighted by Crippen LogP contribution is -2.32. The maximum absolute atomic E-state index is 12.7. The van der Waals surface area contributed by atoms with Gasteiger partial charge in [-0.15, -0.1) is 11.3 Å². The lowest BCUT2D eigenvalue weighted by Gasteiger charge is -2.19. The fourth-order valence-electron chi connectivity index (χ4n) is 2.72. The minimum atomic E-state index is 0.0748. The standard InChI is InChI=1S/C15H19N3OS/c1-4-18(10-5-6-10)15(19)14-13(16)12-9(3)17-8(2)7-11(12)20-14/h7,10H,4-6,16H2,1-3H3. The maximum atomic E-state index is 12.7. The Morgan fingerprint density at radius 1 is 1.50 bits per heavy atom. The predicted octanol–water partition coefficient (Wildman–Crippen LogP) is 3.12. The van der Waals surface area contributed by atoms with Gasteiger partial charge in [-0.05, 0) is 39.7 Å². The van der Waals surface area contributed by atoms with Crippen LogP contribution in [-0.4, -0.2) is 28.4 Å². The first-order valence-electron chi connectivity index (χ1n) is 7.00. The van der Waals surface area contributed by atoms with Gasteiger partial charge in [0.2, 0.25) is 0 Å². The van der Waals surface area contributed by atoms with Crippen LogP contribution in [0.4, 0.5) is 5.69 Å². The number of anilines is 1. The summed E-state index contributed by atoms with van der Waals surface area (Å²) in [6.45, 7) is 6.68. The quantitative estimate of drug-likeness (QED) is 0.944. The molecule has 106 valence electrons. The van der Waals surface area contributed by atoms with Gasteiger partial charge >= 0.3 is 0 Å². The van der Waals surface area contributed by atoms with E-state index in [0.717, 1.165) is 40.9 Å². The molecule has 5 heteroatoms. The Morgan fingerprint density at radius 2 is 2.20 bits per heavy atom. The van der Waals surface area contributed by atoms with Crippen molar-refractivity contribution in [3.05, 3.63) is 22.3 Å². The van der Waals surface area contributed by atoms with E-state index < -0.39 is 0 Å². The summed E-state index contributed by atoms with van der Waals surface area (Å²) in [5.41, 5.74) is 8.69. The summed E-state index contributed by atoms with van der Waals surface area (Å²) in [4.78, 5) is 19.7. The number of fused-ring (bicyclic) bond motifs is 1. The van der Waals surface area contributed by atoms with Crippen molar-refractivity contribution < 1.29 is 4.79 Å². The first-order chi connectivity index (χ1) is 9.52. The molecule has 1 amide bonds. The Labute approximate surface area is 122 Å². The van der Waals surface area contributed by atoms with E-state index in [1.165, 1.54) is 11.3 Å². The summed E-state index contributed by atoms with van der Waals surface area (Å²) in [7, 11) is 0. The number of carbonyl (C=O) groups excluding carboxylic acids is 1.